The summed E-state index contributed by atoms with van der Waals surface area (Å²) in [6.45, 7) is 9.97. The minimum Gasteiger partial charge on any atom is -0.379 e. The third-order valence-electron chi connectivity index (χ3n) is 7.03. The Kier molecular flexibility index (Phi) is 6.94. The van der Waals surface area contributed by atoms with Gasteiger partial charge in [-0.15, -0.1) is 0 Å². The van der Waals surface area contributed by atoms with E-state index in [0.29, 0.717) is 0 Å². The van der Waals surface area contributed by atoms with Crippen molar-refractivity contribution in [1.29, 1.82) is 0 Å². The van der Waals surface area contributed by atoms with E-state index in [1.807, 2.05) is 18.3 Å². The highest BCUT2D eigenvalue weighted by Crippen LogP contribution is 2.39. The smallest absolute Gasteiger partial charge is 0.170 e. The van der Waals surface area contributed by atoms with Crippen LogP contribution in [0.5, 0.6) is 0 Å². The molecule has 1 N–H and O–H groups in total. The van der Waals surface area contributed by atoms with Gasteiger partial charge in [-0.1, -0.05) is 12.1 Å². The second kappa shape index (κ2) is 10.3. The molecule has 0 saturated carbocycles. The maximum absolute atomic E-state index is 5.88. The van der Waals surface area contributed by atoms with Gasteiger partial charge in [-0.3, -0.25) is 9.88 Å². The number of nitrogens with one attached hydrogen (secondary N) is 1. The van der Waals surface area contributed by atoms with Crippen molar-refractivity contribution in [2.75, 3.05) is 39.4 Å². The Labute approximate surface area is 207 Å². The van der Waals surface area contributed by atoms with E-state index < -0.39 is 0 Å². The number of thiocarbonyl (C=S) groups is 1. The van der Waals surface area contributed by atoms with Gasteiger partial charge in [0, 0.05) is 50.0 Å². The van der Waals surface area contributed by atoms with Gasteiger partial charge in [0.1, 0.15) is 0 Å². The number of hydrogen-bond donors (Lipinski definition) is 1. The van der Waals surface area contributed by atoms with Crippen LogP contribution in [-0.2, 0) is 4.74 Å². The zero-order valence-corrected chi connectivity index (χ0v) is 20.8. The van der Waals surface area contributed by atoms with E-state index in [9.17, 15) is 0 Å². The maximum Gasteiger partial charge on any atom is 0.170 e. The summed E-state index contributed by atoms with van der Waals surface area (Å²) in [5, 5.41) is 4.40. The molecule has 4 heterocycles. The molecule has 0 amide bonds. The number of aryl methyl sites for hydroxylation is 2. The fourth-order valence-corrected chi connectivity index (χ4v) is 5.33. The molecule has 2 saturated heterocycles. The first-order chi connectivity index (χ1) is 16.6. The molecule has 6 nitrogen and oxygen atoms in total. The molecule has 1 aromatic carbocycles. The summed E-state index contributed by atoms with van der Waals surface area (Å²) in [6.07, 6.45) is 5.07. The quantitative estimate of drug-likeness (QED) is 0.517. The molecular weight excluding hydrogens is 442 g/mol. The van der Waals surface area contributed by atoms with Crippen LogP contribution in [0.25, 0.3) is 5.69 Å². The van der Waals surface area contributed by atoms with Crippen molar-refractivity contribution in [3.05, 3.63) is 83.4 Å². The third kappa shape index (κ3) is 4.73. The largest absolute Gasteiger partial charge is 0.379 e. The van der Waals surface area contributed by atoms with Crippen LogP contribution < -0.4 is 5.32 Å². The summed E-state index contributed by atoms with van der Waals surface area (Å²) < 4.78 is 7.81. The van der Waals surface area contributed by atoms with Gasteiger partial charge in [-0.05, 0) is 80.0 Å². The first kappa shape index (κ1) is 23.0. The molecule has 34 heavy (non-hydrogen) atoms. The minimum atomic E-state index is -0.00252. The number of nitrogens with zero attached hydrogens (tertiary/aromatic N) is 4. The van der Waals surface area contributed by atoms with Crippen molar-refractivity contribution < 1.29 is 4.74 Å². The molecule has 2 fully saturated rings. The fourth-order valence-electron chi connectivity index (χ4n) is 5.00. The molecule has 7 heteroatoms. The molecule has 0 bridgehead atoms. The predicted molar refractivity (Wildman–Crippen MR) is 139 cm³/mol. The van der Waals surface area contributed by atoms with Crippen LogP contribution in [0.4, 0.5) is 0 Å². The lowest BCUT2D eigenvalue weighted by atomic mass is 10.0. The number of ether oxygens (including phenoxy) is 1. The lowest BCUT2D eigenvalue weighted by Gasteiger charge is -2.31. The van der Waals surface area contributed by atoms with Gasteiger partial charge in [0.2, 0.25) is 0 Å². The Morgan fingerprint density at radius 2 is 1.88 bits per heavy atom. The molecule has 0 spiro atoms. The number of rotatable bonds is 7. The Morgan fingerprint density at radius 3 is 2.65 bits per heavy atom. The molecule has 0 unspecified atom stereocenters. The lowest BCUT2D eigenvalue weighted by molar-refractivity contribution is 0.0365. The van der Waals surface area contributed by atoms with E-state index in [4.69, 9.17) is 21.9 Å². The molecular formula is C27H33N5OS. The van der Waals surface area contributed by atoms with Crippen molar-refractivity contribution in [2.45, 2.75) is 32.4 Å². The Morgan fingerprint density at radius 1 is 1.03 bits per heavy atom. The van der Waals surface area contributed by atoms with Gasteiger partial charge < -0.3 is 19.5 Å². The number of hydrogen-bond acceptors (Lipinski definition) is 4. The number of pyridine rings is 1. The number of morpholine rings is 1. The molecule has 2 aliphatic heterocycles. The second-order valence-corrected chi connectivity index (χ2v) is 9.59. The Balaban J connectivity index is 1.45. The van der Waals surface area contributed by atoms with E-state index in [2.05, 4.69) is 76.1 Å². The van der Waals surface area contributed by atoms with Gasteiger partial charge in [-0.25, -0.2) is 0 Å². The average Bonchev–Trinajstić information content (AvgIpc) is 3.47. The van der Waals surface area contributed by atoms with E-state index >= 15 is 0 Å². The molecule has 5 rings (SSSR count). The van der Waals surface area contributed by atoms with Crippen molar-refractivity contribution in [2.24, 2.45) is 0 Å². The summed E-state index contributed by atoms with van der Waals surface area (Å²) in [4.78, 5) is 9.54. The summed E-state index contributed by atoms with van der Waals surface area (Å²) in [5.74, 6) is 0. The van der Waals surface area contributed by atoms with Crippen LogP contribution in [0.15, 0.2) is 60.9 Å². The molecule has 2 aliphatic rings. The van der Waals surface area contributed by atoms with Gasteiger partial charge in [-0.2, -0.15) is 0 Å². The highest BCUT2D eigenvalue weighted by atomic mass is 32.1. The average molecular weight is 476 g/mol. The molecule has 2 aromatic heterocycles. The van der Waals surface area contributed by atoms with Crippen LogP contribution in [0.3, 0.4) is 0 Å². The summed E-state index contributed by atoms with van der Waals surface area (Å²) in [7, 11) is 0. The third-order valence-corrected chi connectivity index (χ3v) is 7.38. The first-order valence-electron chi connectivity index (χ1n) is 12.1. The SMILES string of the molecule is Cc1ccc(-n2cccc2[C@@H]2[C@@H](c3ccccn3)NC(=S)N2CCCN2CCOCC2)cc1C. The minimum absolute atomic E-state index is 0.00252. The second-order valence-electron chi connectivity index (χ2n) is 9.20. The summed E-state index contributed by atoms with van der Waals surface area (Å²) >= 11 is 5.88. The number of benzene rings is 1. The van der Waals surface area contributed by atoms with Crippen molar-refractivity contribution in [1.82, 2.24) is 24.7 Å². The van der Waals surface area contributed by atoms with Gasteiger partial charge in [0.25, 0.3) is 0 Å². The van der Waals surface area contributed by atoms with Gasteiger partial charge in [0.05, 0.1) is 31.0 Å². The highest BCUT2D eigenvalue weighted by molar-refractivity contribution is 7.80. The Bertz CT molecular complexity index is 1130. The van der Waals surface area contributed by atoms with E-state index in [-0.39, 0.29) is 12.1 Å². The first-order valence-corrected chi connectivity index (χ1v) is 12.6. The van der Waals surface area contributed by atoms with Crippen LogP contribution in [0, 0.1) is 13.8 Å². The fraction of sp³-hybridized carbons (Fsp3) is 0.407. The van der Waals surface area contributed by atoms with Crippen molar-refractivity contribution in [3.8, 4) is 5.69 Å². The molecule has 178 valence electrons. The standard InChI is InChI=1S/C27H33N5OS/c1-20-9-10-22(19-21(20)2)31-13-5-8-24(31)26-25(23-7-3-4-11-28-23)29-27(34)32(26)14-6-12-30-15-17-33-18-16-30/h3-5,7-11,13,19,25-26H,6,12,14-18H2,1-2H3,(H,29,34)/t25-,26-/m1/s1. The van der Waals surface area contributed by atoms with Gasteiger partial charge in [0.15, 0.2) is 5.11 Å². The highest BCUT2D eigenvalue weighted by Gasteiger charge is 2.41. The van der Waals surface area contributed by atoms with E-state index in [1.165, 1.54) is 22.5 Å². The van der Waals surface area contributed by atoms with Crippen molar-refractivity contribution >= 4 is 17.3 Å². The monoisotopic (exact) mass is 475 g/mol. The zero-order chi connectivity index (χ0) is 23.5. The predicted octanol–water partition coefficient (Wildman–Crippen LogP) is 4.18. The lowest BCUT2D eigenvalue weighted by Crippen LogP contribution is -2.39. The number of aromatic nitrogens is 2. The van der Waals surface area contributed by atoms with Crippen LogP contribution >= 0.6 is 12.2 Å². The topological polar surface area (TPSA) is 45.6 Å². The van der Waals surface area contributed by atoms with Gasteiger partial charge >= 0.3 is 0 Å². The van der Waals surface area contributed by atoms with Crippen LogP contribution in [0.1, 0.15) is 41.0 Å². The summed E-state index contributed by atoms with van der Waals surface area (Å²) in [5.41, 5.74) is 6.00. The molecule has 2 atom stereocenters. The Hall–Kier alpha value is -2.74. The van der Waals surface area contributed by atoms with Crippen molar-refractivity contribution in [3.63, 3.8) is 0 Å². The molecule has 0 aliphatic carbocycles. The van der Waals surface area contributed by atoms with E-state index in [0.717, 1.165) is 56.6 Å². The molecule has 0 radical (unpaired) electrons. The van der Waals surface area contributed by atoms with Crippen LogP contribution in [0.2, 0.25) is 0 Å². The van der Waals surface area contributed by atoms with Crippen LogP contribution in [-0.4, -0.2) is 63.9 Å². The molecule has 3 aromatic rings. The summed E-state index contributed by atoms with van der Waals surface area (Å²) in [6, 6.07) is 17.2. The van der Waals surface area contributed by atoms with E-state index in [1.54, 1.807) is 0 Å². The zero-order valence-electron chi connectivity index (χ0n) is 20.0. The maximum atomic E-state index is 5.88. The normalized spacial score (nSPS) is 21.1.